The molecule has 7 nitrogen and oxygen atoms in total. The molecule has 116 valence electrons. The summed E-state index contributed by atoms with van der Waals surface area (Å²) in [5, 5.41) is 14.9. The van der Waals surface area contributed by atoms with Crippen molar-refractivity contribution in [2.75, 3.05) is 6.54 Å². The first-order valence-corrected chi connectivity index (χ1v) is 6.48. The van der Waals surface area contributed by atoms with E-state index in [1.165, 1.54) is 0 Å². The van der Waals surface area contributed by atoms with Crippen LogP contribution in [0.5, 0.6) is 0 Å². The van der Waals surface area contributed by atoms with E-state index in [-0.39, 0.29) is 5.92 Å². The van der Waals surface area contributed by atoms with Gasteiger partial charge in [-0.05, 0) is 33.1 Å². The van der Waals surface area contributed by atoms with E-state index in [1.807, 2.05) is 13.8 Å². The maximum absolute atomic E-state index is 11.8. The van der Waals surface area contributed by atoms with E-state index >= 15 is 0 Å². The SMILES string of the molecule is CC(C)C[C@H](NC(=O)OC(C)(C)C)C(=O)NCC(=O)[O-]. The van der Waals surface area contributed by atoms with Crippen LogP contribution in [-0.2, 0) is 14.3 Å². The third kappa shape index (κ3) is 9.18. The second kappa shape index (κ2) is 7.72. The largest absolute Gasteiger partial charge is 0.548 e. The summed E-state index contributed by atoms with van der Waals surface area (Å²) < 4.78 is 5.07. The summed E-state index contributed by atoms with van der Waals surface area (Å²) in [5.74, 6) is -1.82. The first-order valence-electron chi connectivity index (χ1n) is 6.48. The molecule has 0 heterocycles. The quantitative estimate of drug-likeness (QED) is 0.703. The molecule has 0 aliphatic rings. The van der Waals surface area contributed by atoms with Crippen LogP contribution >= 0.6 is 0 Å². The summed E-state index contributed by atoms with van der Waals surface area (Å²) in [7, 11) is 0. The van der Waals surface area contributed by atoms with Crippen molar-refractivity contribution in [3.63, 3.8) is 0 Å². The van der Waals surface area contributed by atoms with E-state index < -0.39 is 36.2 Å². The summed E-state index contributed by atoms with van der Waals surface area (Å²) in [4.78, 5) is 33.8. The van der Waals surface area contributed by atoms with Gasteiger partial charge in [-0.1, -0.05) is 13.8 Å². The molecule has 0 rings (SSSR count). The molecule has 0 bridgehead atoms. The van der Waals surface area contributed by atoms with Gasteiger partial charge in [-0.25, -0.2) is 4.79 Å². The number of rotatable bonds is 6. The molecular formula is C13H23N2O5-. The van der Waals surface area contributed by atoms with Gasteiger partial charge in [-0.15, -0.1) is 0 Å². The number of ether oxygens (including phenoxy) is 1. The van der Waals surface area contributed by atoms with Crippen LogP contribution in [-0.4, -0.2) is 36.2 Å². The number of carboxylic acid groups (broad SMARTS) is 1. The minimum Gasteiger partial charge on any atom is -0.548 e. The monoisotopic (exact) mass is 287 g/mol. The molecule has 0 saturated heterocycles. The van der Waals surface area contributed by atoms with Gasteiger partial charge in [-0.2, -0.15) is 0 Å². The van der Waals surface area contributed by atoms with Crippen LogP contribution in [0.15, 0.2) is 0 Å². The zero-order chi connectivity index (χ0) is 15.9. The van der Waals surface area contributed by atoms with E-state index in [9.17, 15) is 19.5 Å². The molecule has 0 aromatic rings. The molecule has 0 spiro atoms. The number of carboxylic acids is 1. The van der Waals surface area contributed by atoms with Gasteiger partial charge < -0.3 is 25.3 Å². The molecule has 0 fully saturated rings. The van der Waals surface area contributed by atoms with Crippen LogP contribution in [0, 0.1) is 5.92 Å². The van der Waals surface area contributed by atoms with E-state index in [4.69, 9.17) is 4.74 Å². The standard InChI is InChI=1S/C13H24N2O5/c1-8(2)6-9(11(18)14-7-10(16)17)15-12(19)20-13(3,4)5/h8-9H,6-7H2,1-5H3,(H,14,18)(H,15,19)(H,16,17)/p-1/t9-/m0/s1. The van der Waals surface area contributed by atoms with Crippen molar-refractivity contribution in [1.29, 1.82) is 0 Å². The average molecular weight is 287 g/mol. The Bertz CT molecular complexity index is 360. The number of alkyl carbamates (subject to hydrolysis) is 1. The minimum atomic E-state index is -1.39. The Balaban J connectivity index is 4.59. The highest BCUT2D eigenvalue weighted by atomic mass is 16.6. The molecule has 0 aromatic carbocycles. The number of hydrogen-bond acceptors (Lipinski definition) is 5. The Morgan fingerprint density at radius 3 is 2.15 bits per heavy atom. The summed E-state index contributed by atoms with van der Waals surface area (Å²) in [5.41, 5.74) is -0.673. The Labute approximate surface area is 119 Å². The molecule has 2 N–H and O–H groups in total. The van der Waals surface area contributed by atoms with Crippen molar-refractivity contribution in [3.8, 4) is 0 Å². The van der Waals surface area contributed by atoms with Crippen molar-refractivity contribution < 1.29 is 24.2 Å². The second-order valence-electron chi connectivity index (χ2n) is 5.92. The van der Waals surface area contributed by atoms with Gasteiger partial charge in [0.1, 0.15) is 11.6 Å². The van der Waals surface area contributed by atoms with Gasteiger partial charge in [0.15, 0.2) is 0 Å². The Morgan fingerprint density at radius 2 is 1.75 bits per heavy atom. The topological polar surface area (TPSA) is 108 Å². The molecule has 0 aliphatic heterocycles. The molecule has 20 heavy (non-hydrogen) atoms. The molecule has 0 aliphatic carbocycles. The zero-order valence-corrected chi connectivity index (χ0v) is 12.6. The van der Waals surface area contributed by atoms with Gasteiger partial charge in [0, 0.05) is 0 Å². The fraction of sp³-hybridized carbons (Fsp3) is 0.769. The summed E-state index contributed by atoms with van der Waals surface area (Å²) in [6.45, 7) is 8.30. The van der Waals surface area contributed by atoms with Gasteiger partial charge in [0.25, 0.3) is 0 Å². The van der Waals surface area contributed by atoms with E-state index in [0.29, 0.717) is 6.42 Å². The summed E-state index contributed by atoms with van der Waals surface area (Å²) in [6, 6.07) is -0.843. The lowest BCUT2D eigenvalue weighted by Gasteiger charge is -2.24. The number of nitrogens with one attached hydrogen (secondary N) is 2. The number of carbonyl (C=O) groups excluding carboxylic acids is 3. The highest BCUT2D eigenvalue weighted by molar-refractivity contribution is 5.87. The Morgan fingerprint density at radius 1 is 1.20 bits per heavy atom. The first kappa shape index (κ1) is 18.2. The van der Waals surface area contributed by atoms with Gasteiger partial charge >= 0.3 is 6.09 Å². The normalized spacial score (nSPS) is 12.7. The van der Waals surface area contributed by atoms with Crippen molar-refractivity contribution in [1.82, 2.24) is 10.6 Å². The van der Waals surface area contributed by atoms with Crippen LogP contribution in [0.2, 0.25) is 0 Å². The molecule has 0 aromatic heterocycles. The second-order valence-corrected chi connectivity index (χ2v) is 5.92. The van der Waals surface area contributed by atoms with Crippen LogP contribution in [0.4, 0.5) is 4.79 Å². The van der Waals surface area contributed by atoms with Crippen LogP contribution < -0.4 is 15.7 Å². The van der Waals surface area contributed by atoms with Crippen molar-refractivity contribution in [2.45, 2.75) is 52.7 Å². The number of aliphatic carboxylic acids is 1. The lowest BCUT2D eigenvalue weighted by molar-refractivity contribution is -0.304. The highest BCUT2D eigenvalue weighted by Crippen LogP contribution is 2.09. The Kier molecular flexibility index (Phi) is 7.02. The van der Waals surface area contributed by atoms with Crippen LogP contribution in [0.25, 0.3) is 0 Å². The van der Waals surface area contributed by atoms with Gasteiger partial charge in [-0.3, -0.25) is 4.79 Å². The maximum atomic E-state index is 11.8. The fourth-order valence-corrected chi connectivity index (χ4v) is 1.44. The van der Waals surface area contributed by atoms with Crippen molar-refractivity contribution in [2.24, 2.45) is 5.92 Å². The molecule has 1 atom stereocenters. The third-order valence-electron chi connectivity index (χ3n) is 2.12. The molecule has 7 heteroatoms. The fourth-order valence-electron chi connectivity index (χ4n) is 1.44. The summed E-state index contributed by atoms with van der Waals surface area (Å²) >= 11 is 0. The van der Waals surface area contributed by atoms with Gasteiger partial charge in [0.05, 0.1) is 12.5 Å². The molecular weight excluding hydrogens is 264 g/mol. The predicted octanol–water partition coefficient (Wildman–Crippen LogP) is -0.208. The summed E-state index contributed by atoms with van der Waals surface area (Å²) in [6.07, 6.45) is -0.343. The lowest BCUT2D eigenvalue weighted by atomic mass is 10.0. The van der Waals surface area contributed by atoms with E-state index in [1.54, 1.807) is 20.8 Å². The smallest absolute Gasteiger partial charge is 0.408 e. The predicted molar refractivity (Wildman–Crippen MR) is 70.6 cm³/mol. The lowest BCUT2D eigenvalue weighted by Crippen LogP contribution is -2.50. The van der Waals surface area contributed by atoms with E-state index in [0.717, 1.165) is 0 Å². The van der Waals surface area contributed by atoms with Crippen molar-refractivity contribution in [3.05, 3.63) is 0 Å². The number of hydrogen-bond donors (Lipinski definition) is 2. The van der Waals surface area contributed by atoms with Crippen LogP contribution in [0.1, 0.15) is 41.0 Å². The molecule has 0 saturated carbocycles. The third-order valence-corrected chi connectivity index (χ3v) is 2.12. The number of carbonyl (C=O) groups is 3. The maximum Gasteiger partial charge on any atom is 0.408 e. The first-order chi connectivity index (χ1) is 9.01. The average Bonchev–Trinajstić information content (AvgIpc) is 2.21. The number of amides is 2. The zero-order valence-electron chi connectivity index (χ0n) is 12.6. The van der Waals surface area contributed by atoms with E-state index in [2.05, 4.69) is 10.6 Å². The molecule has 2 amide bonds. The minimum absolute atomic E-state index is 0.142. The highest BCUT2D eigenvalue weighted by Gasteiger charge is 2.24. The van der Waals surface area contributed by atoms with Crippen molar-refractivity contribution >= 4 is 18.0 Å². The Hall–Kier alpha value is -1.79. The molecule has 0 unspecified atom stereocenters. The van der Waals surface area contributed by atoms with Crippen LogP contribution in [0.3, 0.4) is 0 Å². The molecule has 0 radical (unpaired) electrons. The van der Waals surface area contributed by atoms with Gasteiger partial charge in [0.2, 0.25) is 5.91 Å².